The van der Waals surface area contributed by atoms with E-state index in [1.165, 1.54) is 22.5 Å². The molecule has 5 rings (SSSR count). The number of ether oxygens (including phenoxy) is 3. The molecule has 9 heteroatoms. The molecule has 4 heterocycles. The van der Waals surface area contributed by atoms with Crippen molar-refractivity contribution in [3.05, 3.63) is 40.7 Å². The van der Waals surface area contributed by atoms with Crippen LogP contribution in [0, 0.1) is 0 Å². The van der Waals surface area contributed by atoms with Gasteiger partial charge in [0.05, 0.1) is 37.8 Å². The van der Waals surface area contributed by atoms with E-state index >= 15 is 0 Å². The van der Waals surface area contributed by atoms with Gasteiger partial charge in [-0.15, -0.1) is 24.8 Å². The van der Waals surface area contributed by atoms with Crippen LogP contribution in [0.3, 0.4) is 0 Å². The molecule has 2 aromatic rings. The minimum absolute atomic E-state index is 0. The Morgan fingerprint density at radius 3 is 2.56 bits per heavy atom. The molecule has 0 atom stereocenters. The highest BCUT2D eigenvalue weighted by atomic mass is 35.5. The smallest absolute Gasteiger partial charge is 0.161 e. The topological polar surface area (TPSA) is 60.8 Å². The lowest BCUT2D eigenvalue weighted by Crippen LogP contribution is -2.46. The molecule has 1 N–H and O–H groups in total. The van der Waals surface area contributed by atoms with Crippen LogP contribution in [0.4, 0.5) is 0 Å². The molecule has 0 bridgehead atoms. The van der Waals surface area contributed by atoms with Crippen LogP contribution >= 0.6 is 24.8 Å². The molecular weight excluding hydrogens is 451 g/mol. The first-order valence-electron chi connectivity index (χ1n) is 11.1. The van der Waals surface area contributed by atoms with Gasteiger partial charge in [-0.1, -0.05) is 0 Å². The second-order valence-corrected chi connectivity index (χ2v) is 8.61. The highest BCUT2D eigenvalue weighted by Gasteiger charge is 2.41. The fourth-order valence-corrected chi connectivity index (χ4v) is 5.20. The molecule has 1 aromatic carbocycles. The zero-order chi connectivity index (χ0) is 20.6. The average Bonchev–Trinajstić information content (AvgIpc) is 3.02. The number of hydrogen-bond acceptors (Lipinski definition) is 6. The van der Waals surface area contributed by atoms with E-state index in [0.717, 1.165) is 83.1 Å². The van der Waals surface area contributed by atoms with Crippen molar-refractivity contribution >= 4 is 24.8 Å². The molecule has 32 heavy (non-hydrogen) atoms. The Hall–Kier alpha value is -1.51. The number of rotatable bonds is 4. The predicted molar refractivity (Wildman–Crippen MR) is 128 cm³/mol. The molecule has 3 aliphatic rings. The van der Waals surface area contributed by atoms with Crippen molar-refractivity contribution in [3.63, 3.8) is 0 Å². The molecular formula is C23H34Cl2N4O3. The number of methoxy groups -OCH3 is 2. The van der Waals surface area contributed by atoms with Crippen molar-refractivity contribution in [1.82, 2.24) is 20.0 Å². The van der Waals surface area contributed by atoms with Gasteiger partial charge in [-0.3, -0.25) is 9.58 Å². The summed E-state index contributed by atoms with van der Waals surface area (Å²) in [5.41, 5.74) is 4.89. The zero-order valence-electron chi connectivity index (χ0n) is 18.9. The maximum atomic E-state index is 6.43. The third kappa shape index (κ3) is 4.73. The van der Waals surface area contributed by atoms with Gasteiger partial charge in [-0.05, 0) is 61.6 Å². The number of benzene rings is 1. The van der Waals surface area contributed by atoms with Gasteiger partial charge < -0.3 is 19.5 Å². The first kappa shape index (κ1) is 25.1. The third-order valence-electron chi connectivity index (χ3n) is 6.84. The molecule has 1 spiro atoms. The van der Waals surface area contributed by atoms with E-state index in [0.29, 0.717) is 0 Å². The van der Waals surface area contributed by atoms with Gasteiger partial charge in [0.2, 0.25) is 0 Å². The van der Waals surface area contributed by atoms with Crippen LogP contribution in [-0.2, 0) is 36.4 Å². The maximum Gasteiger partial charge on any atom is 0.161 e. The Morgan fingerprint density at radius 1 is 1.06 bits per heavy atom. The number of fused-ring (bicyclic) bond motifs is 3. The van der Waals surface area contributed by atoms with E-state index in [1.807, 2.05) is 0 Å². The van der Waals surface area contributed by atoms with Crippen LogP contribution in [0.15, 0.2) is 18.2 Å². The molecule has 7 nitrogen and oxygen atoms in total. The van der Waals surface area contributed by atoms with Crippen molar-refractivity contribution in [2.45, 2.75) is 50.9 Å². The van der Waals surface area contributed by atoms with E-state index in [2.05, 4.69) is 33.1 Å². The van der Waals surface area contributed by atoms with Crippen molar-refractivity contribution < 1.29 is 14.2 Å². The highest BCUT2D eigenvalue weighted by Crippen LogP contribution is 2.45. The molecule has 0 saturated carbocycles. The van der Waals surface area contributed by atoms with E-state index in [1.54, 1.807) is 14.2 Å². The van der Waals surface area contributed by atoms with Crippen LogP contribution in [0.1, 0.15) is 41.8 Å². The van der Waals surface area contributed by atoms with Crippen molar-refractivity contribution in [2.75, 3.05) is 40.5 Å². The monoisotopic (exact) mass is 484 g/mol. The molecule has 1 aromatic heterocycles. The van der Waals surface area contributed by atoms with E-state index in [4.69, 9.17) is 19.3 Å². The van der Waals surface area contributed by atoms with Crippen LogP contribution in [0.25, 0.3) is 0 Å². The average molecular weight is 485 g/mol. The Morgan fingerprint density at radius 2 is 1.81 bits per heavy atom. The lowest BCUT2D eigenvalue weighted by Gasteiger charge is -2.45. The number of nitrogens with one attached hydrogen (secondary N) is 1. The summed E-state index contributed by atoms with van der Waals surface area (Å²) in [6.07, 6.45) is 4.05. The number of halogens is 2. The quantitative estimate of drug-likeness (QED) is 0.718. The van der Waals surface area contributed by atoms with Crippen molar-refractivity contribution in [1.29, 1.82) is 0 Å². The molecule has 1 fully saturated rings. The molecule has 178 valence electrons. The van der Waals surface area contributed by atoms with E-state index < -0.39 is 0 Å². The predicted octanol–water partition coefficient (Wildman–Crippen LogP) is 3.30. The van der Waals surface area contributed by atoms with Gasteiger partial charge in [0.15, 0.2) is 11.5 Å². The minimum Gasteiger partial charge on any atom is -0.493 e. The van der Waals surface area contributed by atoms with Crippen LogP contribution < -0.4 is 14.8 Å². The molecule has 0 radical (unpaired) electrons. The number of piperidine rings is 1. The number of aryl methyl sites for hydroxylation is 1. The fourth-order valence-electron chi connectivity index (χ4n) is 5.20. The van der Waals surface area contributed by atoms with Gasteiger partial charge in [0.1, 0.15) is 0 Å². The maximum absolute atomic E-state index is 6.43. The van der Waals surface area contributed by atoms with Gasteiger partial charge in [0, 0.05) is 32.7 Å². The van der Waals surface area contributed by atoms with Gasteiger partial charge >= 0.3 is 0 Å². The molecule has 0 unspecified atom stereocenters. The minimum atomic E-state index is -0.209. The summed E-state index contributed by atoms with van der Waals surface area (Å²) in [5, 5.41) is 8.34. The van der Waals surface area contributed by atoms with Crippen LogP contribution in [0.5, 0.6) is 11.5 Å². The SMILES string of the molecule is COc1cc2c(cc1OC)C1(CCN(Cc3cc4n(n3)CCCNC4)CC1)OCC2.Cl.Cl. The molecule has 0 aliphatic carbocycles. The van der Waals surface area contributed by atoms with E-state index in [9.17, 15) is 0 Å². The van der Waals surface area contributed by atoms with Crippen LogP contribution in [0.2, 0.25) is 0 Å². The van der Waals surface area contributed by atoms with Crippen molar-refractivity contribution in [3.8, 4) is 11.5 Å². The Bertz CT molecular complexity index is 889. The summed E-state index contributed by atoms with van der Waals surface area (Å²) >= 11 is 0. The summed E-state index contributed by atoms with van der Waals surface area (Å²) in [5.74, 6) is 1.59. The summed E-state index contributed by atoms with van der Waals surface area (Å²) < 4.78 is 19.7. The first-order valence-corrected chi connectivity index (χ1v) is 11.1. The fraction of sp³-hybridized carbons (Fsp3) is 0.609. The van der Waals surface area contributed by atoms with Gasteiger partial charge in [0.25, 0.3) is 0 Å². The zero-order valence-corrected chi connectivity index (χ0v) is 20.5. The Balaban J connectivity index is 0.00000144. The molecule has 3 aliphatic heterocycles. The number of likely N-dealkylation sites (tertiary alicyclic amines) is 1. The normalized spacial score (nSPS) is 19.7. The number of hydrogen-bond donors (Lipinski definition) is 1. The largest absolute Gasteiger partial charge is 0.493 e. The molecule has 0 amide bonds. The standard InChI is InChI=1S/C23H32N4O3.2ClH/c1-28-21-12-17-4-11-30-23(20(17)14-22(21)29-2)5-9-26(10-6-23)16-18-13-19-15-24-7-3-8-27(19)25-18;;/h12-14,24H,3-11,15-16H2,1-2H3;2*1H. The second-order valence-electron chi connectivity index (χ2n) is 8.61. The lowest BCUT2D eigenvalue weighted by molar-refractivity contribution is -0.0991. The first-order chi connectivity index (χ1) is 14.7. The van der Waals surface area contributed by atoms with Crippen LogP contribution in [-0.4, -0.2) is 55.1 Å². The van der Waals surface area contributed by atoms with Gasteiger partial charge in [-0.25, -0.2) is 0 Å². The number of nitrogens with zero attached hydrogens (tertiary/aromatic N) is 3. The van der Waals surface area contributed by atoms with Gasteiger partial charge in [-0.2, -0.15) is 5.10 Å². The Kier molecular flexibility index (Phi) is 8.33. The summed E-state index contributed by atoms with van der Waals surface area (Å²) in [4.78, 5) is 2.51. The number of aromatic nitrogens is 2. The Labute approximate surface area is 202 Å². The molecule has 1 saturated heterocycles. The van der Waals surface area contributed by atoms with Crippen molar-refractivity contribution in [2.24, 2.45) is 0 Å². The summed E-state index contributed by atoms with van der Waals surface area (Å²) in [6.45, 7) is 6.71. The summed E-state index contributed by atoms with van der Waals surface area (Å²) in [7, 11) is 3.40. The summed E-state index contributed by atoms with van der Waals surface area (Å²) in [6, 6.07) is 6.55. The third-order valence-corrected chi connectivity index (χ3v) is 6.84. The lowest BCUT2D eigenvalue weighted by atomic mass is 9.79. The second kappa shape index (κ2) is 10.6. The highest BCUT2D eigenvalue weighted by molar-refractivity contribution is 5.85. The van der Waals surface area contributed by atoms with E-state index in [-0.39, 0.29) is 30.4 Å².